The molecule has 0 aliphatic rings. The maximum atomic E-state index is 5.07. The molecule has 0 saturated carbocycles. The van der Waals surface area contributed by atoms with Crippen molar-refractivity contribution < 1.29 is 0 Å². The van der Waals surface area contributed by atoms with Gasteiger partial charge >= 0.3 is 0 Å². The van der Waals surface area contributed by atoms with Gasteiger partial charge in [0.25, 0.3) is 0 Å². The first-order chi connectivity index (χ1) is 25.7. The van der Waals surface area contributed by atoms with Gasteiger partial charge < -0.3 is 0 Å². The highest BCUT2D eigenvalue weighted by atomic mass is 14.9. The van der Waals surface area contributed by atoms with Gasteiger partial charge in [-0.05, 0) is 91.7 Å². The Kier molecular flexibility index (Phi) is 8.24. The van der Waals surface area contributed by atoms with Crippen LogP contribution in [0.3, 0.4) is 0 Å². The molecule has 1 aromatic heterocycles. The van der Waals surface area contributed by atoms with E-state index < -0.39 is 0 Å². The third kappa shape index (κ3) is 6.42. The molecule has 0 N–H and O–H groups in total. The van der Waals surface area contributed by atoms with Crippen LogP contribution in [0.5, 0.6) is 0 Å². The summed E-state index contributed by atoms with van der Waals surface area (Å²) in [6.07, 6.45) is 0. The lowest BCUT2D eigenvalue weighted by Gasteiger charge is -2.12. The fraction of sp³-hybridized carbons (Fsp3) is 0. The molecule has 0 spiro atoms. The summed E-state index contributed by atoms with van der Waals surface area (Å²) in [6, 6.07) is 73.0. The third-order valence-electron chi connectivity index (χ3n) is 9.66. The molecule has 0 atom stereocenters. The molecular weight excluding hydrogens is 629 g/mol. The van der Waals surface area contributed by atoms with E-state index in [1.54, 1.807) is 0 Å². The molecule has 2 nitrogen and oxygen atoms in total. The Labute approximate surface area is 304 Å². The predicted octanol–water partition coefficient (Wildman–Crippen LogP) is 13.3. The summed E-state index contributed by atoms with van der Waals surface area (Å²) in [5, 5.41) is 2.51. The number of rotatable bonds is 7. The van der Waals surface area contributed by atoms with Gasteiger partial charge in [-0.25, -0.2) is 9.97 Å². The molecule has 0 aliphatic carbocycles. The zero-order valence-electron chi connectivity index (χ0n) is 28.5. The van der Waals surface area contributed by atoms with Gasteiger partial charge in [0.05, 0.1) is 11.4 Å². The number of hydrogen-bond donors (Lipinski definition) is 0. The van der Waals surface area contributed by atoms with Crippen LogP contribution in [-0.2, 0) is 0 Å². The first-order valence-corrected chi connectivity index (χ1v) is 17.6. The Hall–Kier alpha value is -6.90. The van der Waals surface area contributed by atoms with Gasteiger partial charge in [-0.3, -0.25) is 0 Å². The van der Waals surface area contributed by atoms with E-state index in [1.807, 2.05) is 36.4 Å². The minimum atomic E-state index is 0.705. The molecule has 8 aromatic carbocycles. The summed E-state index contributed by atoms with van der Waals surface area (Å²) in [4.78, 5) is 10.1. The van der Waals surface area contributed by atoms with Crippen molar-refractivity contribution in [3.05, 3.63) is 206 Å². The molecule has 9 rings (SSSR count). The van der Waals surface area contributed by atoms with Gasteiger partial charge in [0.15, 0.2) is 5.82 Å². The number of nitrogens with zero attached hydrogens (tertiary/aromatic N) is 2. The molecule has 0 aliphatic heterocycles. The van der Waals surface area contributed by atoms with Crippen LogP contribution < -0.4 is 0 Å². The number of benzene rings is 8. The van der Waals surface area contributed by atoms with Gasteiger partial charge in [-0.15, -0.1) is 0 Å². The van der Waals surface area contributed by atoms with Crippen molar-refractivity contribution in [2.24, 2.45) is 0 Å². The minimum Gasteiger partial charge on any atom is -0.228 e. The molecule has 0 amide bonds. The second-order valence-corrected chi connectivity index (χ2v) is 13.1. The second kappa shape index (κ2) is 13.8. The molecule has 9 aromatic rings. The van der Waals surface area contributed by atoms with Crippen LogP contribution in [0, 0.1) is 0 Å². The van der Waals surface area contributed by atoms with Gasteiger partial charge in [-0.2, -0.15) is 0 Å². The van der Waals surface area contributed by atoms with E-state index in [4.69, 9.17) is 9.97 Å². The zero-order chi connectivity index (χ0) is 34.7. The largest absolute Gasteiger partial charge is 0.228 e. The Bertz CT molecular complexity index is 2620. The normalized spacial score (nSPS) is 11.1. The van der Waals surface area contributed by atoms with Crippen molar-refractivity contribution in [1.29, 1.82) is 0 Å². The highest BCUT2D eigenvalue weighted by Gasteiger charge is 2.12. The Morgan fingerprint density at radius 3 is 1.02 bits per heavy atom. The van der Waals surface area contributed by atoms with E-state index in [9.17, 15) is 0 Å². The Balaban J connectivity index is 1.04. The van der Waals surface area contributed by atoms with E-state index in [-0.39, 0.29) is 0 Å². The van der Waals surface area contributed by atoms with Crippen molar-refractivity contribution in [2.45, 2.75) is 0 Å². The van der Waals surface area contributed by atoms with Crippen LogP contribution in [0.25, 0.3) is 89.2 Å². The van der Waals surface area contributed by atoms with Crippen LogP contribution in [0.4, 0.5) is 0 Å². The summed E-state index contributed by atoms with van der Waals surface area (Å²) in [5.41, 5.74) is 14.3. The van der Waals surface area contributed by atoms with E-state index >= 15 is 0 Å². The number of fused-ring (bicyclic) bond motifs is 1. The fourth-order valence-electron chi connectivity index (χ4n) is 6.93. The highest BCUT2D eigenvalue weighted by Crippen LogP contribution is 2.34. The average molecular weight is 663 g/mol. The number of hydrogen-bond acceptors (Lipinski definition) is 2. The van der Waals surface area contributed by atoms with E-state index in [0.29, 0.717) is 5.82 Å². The van der Waals surface area contributed by atoms with Crippen molar-refractivity contribution in [1.82, 2.24) is 9.97 Å². The molecule has 1 heterocycles. The summed E-state index contributed by atoms with van der Waals surface area (Å²) >= 11 is 0. The smallest absolute Gasteiger partial charge is 0.160 e. The lowest BCUT2D eigenvalue weighted by molar-refractivity contribution is 1.18. The molecule has 0 unspecified atom stereocenters. The first-order valence-electron chi connectivity index (χ1n) is 17.6. The maximum Gasteiger partial charge on any atom is 0.160 e. The molecule has 2 heteroatoms. The fourth-order valence-corrected chi connectivity index (χ4v) is 6.93. The van der Waals surface area contributed by atoms with E-state index in [2.05, 4.69) is 170 Å². The van der Waals surface area contributed by atoms with Crippen LogP contribution >= 0.6 is 0 Å². The van der Waals surface area contributed by atoms with E-state index in [0.717, 1.165) is 39.2 Å². The minimum absolute atomic E-state index is 0.705. The van der Waals surface area contributed by atoms with Crippen molar-refractivity contribution in [2.75, 3.05) is 0 Å². The van der Waals surface area contributed by atoms with Crippen LogP contribution in [0.1, 0.15) is 0 Å². The van der Waals surface area contributed by atoms with Gasteiger partial charge in [0.1, 0.15) is 0 Å². The van der Waals surface area contributed by atoms with Crippen LogP contribution in [0.2, 0.25) is 0 Å². The van der Waals surface area contributed by atoms with Crippen LogP contribution in [-0.4, -0.2) is 9.97 Å². The Morgan fingerprint density at radius 1 is 0.212 bits per heavy atom. The molecule has 52 heavy (non-hydrogen) atoms. The second-order valence-electron chi connectivity index (χ2n) is 13.1. The maximum absolute atomic E-state index is 5.07. The average Bonchev–Trinajstić information content (AvgIpc) is 3.24. The quantitative estimate of drug-likeness (QED) is 0.170. The molecule has 0 radical (unpaired) electrons. The standard InChI is InChI=1S/C50H34N2/c1-3-14-36(15-4-1)48-34-49(37-16-5-2-6-17-37)52-50(51-48)47-26-12-25-45(33-47)43-23-10-21-41(31-43)39-19-9-20-40(30-39)42-22-11-24-44(32-42)46-28-27-35-13-7-8-18-38(35)29-46/h1-34H. The molecule has 0 bridgehead atoms. The summed E-state index contributed by atoms with van der Waals surface area (Å²) in [5.74, 6) is 0.705. The predicted molar refractivity (Wildman–Crippen MR) is 218 cm³/mol. The summed E-state index contributed by atoms with van der Waals surface area (Å²) in [7, 11) is 0. The van der Waals surface area contributed by atoms with Gasteiger partial charge in [-0.1, -0.05) is 170 Å². The summed E-state index contributed by atoms with van der Waals surface area (Å²) < 4.78 is 0. The van der Waals surface area contributed by atoms with Crippen molar-refractivity contribution in [3.8, 4) is 78.4 Å². The number of aromatic nitrogens is 2. The topological polar surface area (TPSA) is 25.8 Å². The lowest BCUT2D eigenvalue weighted by Crippen LogP contribution is -1.96. The monoisotopic (exact) mass is 662 g/mol. The lowest BCUT2D eigenvalue weighted by atomic mass is 9.94. The van der Waals surface area contributed by atoms with Gasteiger partial charge in [0.2, 0.25) is 0 Å². The molecule has 0 saturated heterocycles. The van der Waals surface area contributed by atoms with Crippen molar-refractivity contribution in [3.63, 3.8) is 0 Å². The van der Waals surface area contributed by atoms with Gasteiger partial charge in [0, 0.05) is 16.7 Å². The highest BCUT2D eigenvalue weighted by molar-refractivity contribution is 5.88. The SMILES string of the molecule is c1ccc(-c2cc(-c3ccccc3)nc(-c3cccc(-c4cccc(-c5cccc(-c6cccc(-c7ccc8ccccc8c7)c6)c5)c4)c3)n2)cc1. The zero-order valence-corrected chi connectivity index (χ0v) is 28.5. The van der Waals surface area contributed by atoms with Crippen LogP contribution in [0.15, 0.2) is 206 Å². The molecule has 244 valence electrons. The molecular formula is C50H34N2. The molecule has 0 fully saturated rings. The van der Waals surface area contributed by atoms with E-state index in [1.165, 1.54) is 44.2 Å². The Morgan fingerprint density at radius 2 is 0.558 bits per heavy atom. The first kappa shape index (κ1) is 31.1. The summed E-state index contributed by atoms with van der Waals surface area (Å²) in [6.45, 7) is 0. The third-order valence-corrected chi connectivity index (χ3v) is 9.66. The van der Waals surface area contributed by atoms with Crippen molar-refractivity contribution >= 4 is 10.8 Å².